The van der Waals surface area contributed by atoms with Gasteiger partial charge in [-0.3, -0.25) is 4.79 Å². The quantitative estimate of drug-likeness (QED) is 0.561. The van der Waals surface area contributed by atoms with Crippen LogP contribution in [0.2, 0.25) is 0 Å². The van der Waals surface area contributed by atoms with Crippen LogP contribution >= 0.6 is 0 Å². The monoisotopic (exact) mass is 143 g/mol. The number of nitrogens with zero attached hydrogens (tertiary/aromatic N) is 1. The molecule has 0 bridgehead atoms. The summed E-state index contributed by atoms with van der Waals surface area (Å²) < 4.78 is 4.47. The summed E-state index contributed by atoms with van der Waals surface area (Å²) in [7, 11) is 0. The van der Waals surface area contributed by atoms with Gasteiger partial charge in [-0.2, -0.15) is 0 Å². The molecule has 0 unspecified atom stereocenters. The molecule has 1 rings (SSSR count). The maximum Gasteiger partial charge on any atom is 0.417 e. The molecule has 1 aliphatic rings. The molecule has 10 heavy (non-hydrogen) atoms. The summed E-state index contributed by atoms with van der Waals surface area (Å²) in [6.07, 6.45) is 0.271. The standard InChI is InChI=1S/C6H9NO3/c1-2-3-7-5(8)4-10-6(7)9/h2-4H2,1H3. The molecule has 1 fully saturated rings. The molecular formula is C6H9NO3. The minimum atomic E-state index is -0.508. The lowest BCUT2D eigenvalue weighted by Gasteiger charge is -2.06. The predicted octanol–water partition coefficient (Wildman–Crippen LogP) is 0.375. The van der Waals surface area contributed by atoms with E-state index >= 15 is 0 Å². The molecule has 0 atom stereocenters. The van der Waals surface area contributed by atoms with Gasteiger partial charge in [0.2, 0.25) is 0 Å². The van der Waals surface area contributed by atoms with Gasteiger partial charge >= 0.3 is 6.09 Å². The number of imide groups is 1. The highest BCUT2D eigenvalue weighted by Gasteiger charge is 2.29. The van der Waals surface area contributed by atoms with Crippen molar-refractivity contribution in [2.24, 2.45) is 0 Å². The van der Waals surface area contributed by atoms with Gasteiger partial charge in [0.05, 0.1) is 0 Å². The van der Waals surface area contributed by atoms with Crippen molar-refractivity contribution in [1.82, 2.24) is 4.90 Å². The average molecular weight is 143 g/mol. The number of amides is 2. The lowest BCUT2D eigenvalue weighted by atomic mass is 10.4. The number of carbonyl (C=O) groups is 2. The second kappa shape index (κ2) is 2.68. The van der Waals surface area contributed by atoms with Gasteiger partial charge in [-0.15, -0.1) is 0 Å². The summed E-state index contributed by atoms with van der Waals surface area (Å²) in [6.45, 7) is 2.29. The Morgan fingerprint density at radius 3 is 2.70 bits per heavy atom. The van der Waals surface area contributed by atoms with Crippen molar-refractivity contribution < 1.29 is 14.3 Å². The highest BCUT2D eigenvalue weighted by molar-refractivity contribution is 5.97. The Morgan fingerprint density at radius 2 is 2.30 bits per heavy atom. The maximum absolute atomic E-state index is 10.8. The number of rotatable bonds is 2. The van der Waals surface area contributed by atoms with Crippen molar-refractivity contribution in [3.8, 4) is 0 Å². The zero-order valence-electron chi connectivity index (χ0n) is 5.79. The van der Waals surface area contributed by atoms with Gasteiger partial charge in [0.15, 0.2) is 6.61 Å². The molecular weight excluding hydrogens is 134 g/mol. The molecule has 0 aromatic rings. The van der Waals surface area contributed by atoms with Crippen LogP contribution in [0, 0.1) is 0 Å². The van der Waals surface area contributed by atoms with Gasteiger partial charge in [-0.25, -0.2) is 9.69 Å². The first-order chi connectivity index (χ1) is 4.75. The lowest BCUT2D eigenvalue weighted by Crippen LogP contribution is -2.29. The Balaban J connectivity index is 2.54. The molecule has 56 valence electrons. The minimum absolute atomic E-state index is 0.0845. The van der Waals surface area contributed by atoms with Crippen molar-refractivity contribution in [2.75, 3.05) is 13.2 Å². The van der Waals surface area contributed by atoms with E-state index in [2.05, 4.69) is 4.74 Å². The van der Waals surface area contributed by atoms with Crippen LogP contribution in [-0.4, -0.2) is 30.1 Å². The van der Waals surface area contributed by atoms with Gasteiger partial charge in [0, 0.05) is 6.54 Å². The minimum Gasteiger partial charge on any atom is -0.439 e. The average Bonchev–Trinajstić information content (AvgIpc) is 2.20. The van der Waals surface area contributed by atoms with Crippen molar-refractivity contribution in [3.05, 3.63) is 0 Å². The summed E-state index contributed by atoms with van der Waals surface area (Å²) in [5.74, 6) is -0.230. The van der Waals surface area contributed by atoms with Crippen LogP contribution in [0.5, 0.6) is 0 Å². The molecule has 0 aromatic heterocycles. The number of ether oxygens (including phenoxy) is 1. The van der Waals surface area contributed by atoms with E-state index in [1.807, 2.05) is 6.92 Å². The second-order valence-corrected chi connectivity index (χ2v) is 2.10. The summed E-state index contributed by atoms with van der Waals surface area (Å²) in [6, 6.07) is 0. The third-order valence-electron chi connectivity index (χ3n) is 1.29. The summed E-state index contributed by atoms with van der Waals surface area (Å²) in [4.78, 5) is 22.5. The summed E-state index contributed by atoms with van der Waals surface area (Å²) in [5, 5.41) is 0. The number of hydrogen-bond acceptors (Lipinski definition) is 3. The van der Waals surface area contributed by atoms with Crippen LogP contribution in [0.4, 0.5) is 4.79 Å². The van der Waals surface area contributed by atoms with Crippen LogP contribution in [0.15, 0.2) is 0 Å². The van der Waals surface area contributed by atoms with E-state index in [1.165, 1.54) is 0 Å². The molecule has 1 heterocycles. The third-order valence-corrected chi connectivity index (χ3v) is 1.29. The van der Waals surface area contributed by atoms with Crippen molar-refractivity contribution in [3.63, 3.8) is 0 Å². The Hall–Kier alpha value is -1.06. The largest absolute Gasteiger partial charge is 0.439 e. The second-order valence-electron chi connectivity index (χ2n) is 2.10. The summed E-state index contributed by atoms with van der Waals surface area (Å²) in [5.41, 5.74) is 0. The number of cyclic esters (lactones) is 1. The Morgan fingerprint density at radius 1 is 1.60 bits per heavy atom. The fourth-order valence-electron chi connectivity index (χ4n) is 0.821. The van der Waals surface area contributed by atoms with Crippen molar-refractivity contribution in [1.29, 1.82) is 0 Å². The molecule has 0 radical (unpaired) electrons. The highest BCUT2D eigenvalue weighted by atomic mass is 16.6. The Labute approximate surface area is 58.8 Å². The molecule has 4 heteroatoms. The first-order valence-corrected chi connectivity index (χ1v) is 3.23. The van der Waals surface area contributed by atoms with Crippen molar-refractivity contribution in [2.45, 2.75) is 13.3 Å². The first kappa shape index (κ1) is 7.05. The van der Waals surface area contributed by atoms with E-state index in [4.69, 9.17) is 0 Å². The van der Waals surface area contributed by atoms with Crippen LogP contribution in [-0.2, 0) is 9.53 Å². The molecule has 0 saturated carbocycles. The fraction of sp³-hybridized carbons (Fsp3) is 0.667. The third kappa shape index (κ3) is 1.10. The highest BCUT2D eigenvalue weighted by Crippen LogP contribution is 2.04. The van der Waals surface area contributed by atoms with E-state index in [0.29, 0.717) is 6.54 Å². The van der Waals surface area contributed by atoms with Gasteiger partial charge in [-0.05, 0) is 6.42 Å². The topological polar surface area (TPSA) is 46.6 Å². The molecule has 0 spiro atoms. The van der Waals surface area contributed by atoms with Gasteiger partial charge in [0.1, 0.15) is 0 Å². The number of hydrogen-bond donors (Lipinski definition) is 0. The Bertz CT molecular complexity index is 150. The molecule has 0 aromatic carbocycles. The van der Waals surface area contributed by atoms with Crippen LogP contribution in [0.25, 0.3) is 0 Å². The number of carbonyl (C=O) groups excluding carboxylic acids is 2. The van der Waals surface area contributed by atoms with Crippen LogP contribution in [0.3, 0.4) is 0 Å². The molecule has 2 amide bonds. The van der Waals surface area contributed by atoms with Crippen LogP contribution in [0.1, 0.15) is 13.3 Å². The van der Waals surface area contributed by atoms with E-state index < -0.39 is 6.09 Å². The van der Waals surface area contributed by atoms with E-state index in [-0.39, 0.29) is 12.5 Å². The van der Waals surface area contributed by atoms with Gasteiger partial charge < -0.3 is 4.74 Å². The Kier molecular flexibility index (Phi) is 1.89. The lowest BCUT2D eigenvalue weighted by molar-refractivity contribution is -0.125. The molecule has 4 nitrogen and oxygen atoms in total. The predicted molar refractivity (Wildman–Crippen MR) is 33.4 cm³/mol. The van der Waals surface area contributed by atoms with Crippen molar-refractivity contribution >= 4 is 12.0 Å². The van der Waals surface area contributed by atoms with E-state index in [0.717, 1.165) is 11.3 Å². The normalized spacial score (nSPS) is 17.9. The fourth-order valence-corrected chi connectivity index (χ4v) is 0.821. The van der Waals surface area contributed by atoms with E-state index in [1.54, 1.807) is 0 Å². The SMILES string of the molecule is CCCN1C(=O)COC1=O. The van der Waals surface area contributed by atoms with Crippen LogP contribution < -0.4 is 0 Å². The molecule has 1 aliphatic heterocycles. The van der Waals surface area contributed by atoms with E-state index in [9.17, 15) is 9.59 Å². The van der Waals surface area contributed by atoms with Gasteiger partial charge in [0.25, 0.3) is 5.91 Å². The first-order valence-electron chi connectivity index (χ1n) is 3.23. The van der Waals surface area contributed by atoms with Gasteiger partial charge in [-0.1, -0.05) is 6.92 Å². The molecule has 0 aliphatic carbocycles. The molecule has 0 N–H and O–H groups in total. The zero-order chi connectivity index (χ0) is 7.56. The zero-order valence-corrected chi connectivity index (χ0v) is 5.79. The molecule has 1 saturated heterocycles. The summed E-state index contributed by atoms with van der Waals surface area (Å²) >= 11 is 0. The smallest absolute Gasteiger partial charge is 0.417 e. The maximum atomic E-state index is 10.8.